The van der Waals surface area contributed by atoms with Gasteiger partial charge >= 0.3 is 0 Å². The Morgan fingerprint density at radius 2 is 1.61 bits per heavy atom. The van der Waals surface area contributed by atoms with E-state index in [2.05, 4.69) is 0 Å². The molecule has 0 amide bonds. The Balaban J connectivity index is 1.87. The van der Waals surface area contributed by atoms with Gasteiger partial charge in [0.2, 0.25) is 6.29 Å². The summed E-state index contributed by atoms with van der Waals surface area (Å²) in [5.41, 5.74) is -0.162. The average Bonchev–Trinajstić information content (AvgIpc) is 2.74. The second kappa shape index (κ2) is 9.41. The van der Waals surface area contributed by atoms with Gasteiger partial charge in [-0.15, -0.1) is 0 Å². The molecule has 5 atom stereocenters. The monoisotopic (exact) mass is 434 g/mol. The van der Waals surface area contributed by atoms with E-state index in [0.29, 0.717) is 0 Å². The molecule has 0 spiro atoms. The zero-order valence-corrected chi connectivity index (χ0v) is 16.2. The van der Waals surface area contributed by atoms with E-state index in [0.717, 1.165) is 12.1 Å². The van der Waals surface area contributed by atoms with Crippen LogP contribution in [0.25, 0.3) is 0 Å². The Hall–Kier alpha value is -3.02. The lowest BCUT2D eigenvalue weighted by Gasteiger charge is -2.39. The van der Waals surface area contributed by atoms with Crippen LogP contribution >= 0.6 is 0 Å². The Morgan fingerprint density at radius 3 is 2.26 bits per heavy atom. The summed E-state index contributed by atoms with van der Waals surface area (Å²) in [4.78, 5) is 25.1. The summed E-state index contributed by atoms with van der Waals surface area (Å²) in [5.74, 6) is -2.93. The predicted octanol–water partition coefficient (Wildman–Crippen LogP) is -0.268. The van der Waals surface area contributed by atoms with Gasteiger partial charge in [0, 0.05) is 17.7 Å². The van der Waals surface area contributed by atoms with Crippen molar-refractivity contribution in [3.05, 3.63) is 53.6 Å². The third-order valence-corrected chi connectivity index (χ3v) is 4.85. The third-order valence-electron chi connectivity index (χ3n) is 4.85. The van der Waals surface area contributed by atoms with Gasteiger partial charge in [0.05, 0.1) is 13.0 Å². The van der Waals surface area contributed by atoms with Crippen LogP contribution in [0.1, 0.15) is 27.1 Å². The van der Waals surface area contributed by atoms with Crippen molar-refractivity contribution in [1.29, 1.82) is 0 Å². The standard InChI is InChI=1S/C21H22O10/c22-9-16-18(27)19(28)20(29)21(31-16)30-15-7-11(23)6-13(25)17(15)14(26)8-12(24)10-4-2-1-3-5-10/h1-7,16,18-23,25,27-29H,8-9H2. The molecule has 6 N–H and O–H groups in total. The molecule has 0 aromatic heterocycles. The Morgan fingerprint density at radius 1 is 0.935 bits per heavy atom. The first kappa shape index (κ1) is 22.7. The lowest BCUT2D eigenvalue weighted by molar-refractivity contribution is -0.277. The van der Waals surface area contributed by atoms with Gasteiger partial charge in [-0.25, -0.2) is 0 Å². The smallest absolute Gasteiger partial charge is 0.229 e. The number of benzene rings is 2. The van der Waals surface area contributed by atoms with Crippen molar-refractivity contribution < 1.29 is 49.7 Å². The molecule has 5 unspecified atom stereocenters. The van der Waals surface area contributed by atoms with Gasteiger partial charge in [0.25, 0.3) is 0 Å². The molecule has 1 aliphatic rings. The first-order valence-corrected chi connectivity index (χ1v) is 9.37. The number of ketones is 2. The summed E-state index contributed by atoms with van der Waals surface area (Å²) >= 11 is 0. The zero-order valence-electron chi connectivity index (χ0n) is 16.2. The van der Waals surface area contributed by atoms with E-state index in [1.165, 1.54) is 12.1 Å². The van der Waals surface area contributed by atoms with Crippen molar-refractivity contribution in [3.8, 4) is 17.2 Å². The number of aromatic hydroxyl groups is 2. The minimum Gasteiger partial charge on any atom is -0.508 e. The number of aliphatic hydroxyl groups excluding tert-OH is 4. The highest BCUT2D eigenvalue weighted by Crippen LogP contribution is 2.36. The van der Waals surface area contributed by atoms with Crippen molar-refractivity contribution in [2.24, 2.45) is 0 Å². The number of phenols is 2. The number of hydrogen-bond donors (Lipinski definition) is 6. The van der Waals surface area contributed by atoms with Crippen LogP contribution in [-0.4, -0.2) is 79.5 Å². The number of carbonyl (C=O) groups excluding carboxylic acids is 2. The highest BCUT2D eigenvalue weighted by Gasteiger charge is 2.45. The van der Waals surface area contributed by atoms with Gasteiger partial charge in [-0.05, 0) is 0 Å². The van der Waals surface area contributed by atoms with E-state index >= 15 is 0 Å². The molecule has 0 aliphatic carbocycles. The molecule has 1 heterocycles. The van der Waals surface area contributed by atoms with Crippen LogP contribution in [0, 0.1) is 0 Å². The van der Waals surface area contributed by atoms with Gasteiger partial charge in [-0.1, -0.05) is 30.3 Å². The third kappa shape index (κ3) is 4.84. The number of aliphatic hydroxyl groups is 4. The molecule has 1 saturated heterocycles. The van der Waals surface area contributed by atoms with Gasteiger partial charge in [-0.2, -0.15) is 0 Å². The van der Waals surface area contributed by atoms with E-state index in [1.54, 1.807) is 18.2 Å². The first-order valence-electron chi connectivity index (χ1n) is 9.37. The quantitative estimate of drug-likeness (QED) is 0.251. The first-order chi connectivity index (χ1) is 14.7. The van der Waals surface area contributed by atoms with Gasteiger partial charge in [0.15, 0.2) is 11.6 Å². The summed E-state index contributed by atoms with van der Waals surface area (Å²) in [6.07, 6.45) is -8.69. The molecule has 0 bridgehead atoms. The van der Waals surface area contributed by atoms with Crippen molar-refractivity contribution in [2.75, 3.05) is 6.61 Å². The molecule has 0 saturated carbocycles. The normalized spacial score (nSPS) is 25.7. The number of hydrogen-bond acceptors (Lipinski definition) is 10. The minimum absolute atomic E-state index is 0.283. The second-order valence-corrected chi connectivity index (χ2v) is 7.04. The molecule has 1 fully saturated rings. The van der Waals surface area contributed by atoms with Crippen LogP contribution in [0.2, 0.25) is 0 Å². The molecule has 10 heteroatoms. The number of ether oxygens (including phenoxy) is 2. The molecule has 0 radical (unpaired) electrons. The SMILES string of the molecule is O=C(CC(=O)c1c(O)cc(O)cc1OC1OC(CO)C(O)C(O)C1O)c1ccccc1. The van der Waals surface area contributed by atoms with E-state index in [9.17, 15) is 40.2 Å². The van der Waals surface area contributed by atoms with Crippen LogP contribution in [0.15, 0.2) is 42.5 Å². The van der Waals surface area contributed by atoms with Crippen molar-refractivity contribution in [1.82, 2.24) is 0 Å². The summed E-state index contributed by atoms with van der Waals surface area (Å²) in [5, 5.41) is 59.2. The fourth-order valence-electron chi connectivity index (χ4n) is 3.21. The Kier molecular flexibility index (Phi) is 6.88. The molecular weight excluding hydrogens is 412 g/mol. The van der Waals surface area contributed by atoms with Crippen molar-refractivity contribution >= 4 is 11.6 Å². The molecule has 1 aliphatic heterocycles. The molecule has 31 heavy (non-hydrogen) atoms. The fraction of sp³-hybridized carbons (Fsp3) is 0.333. The lowest BCUT2D eigenvalue weighted by atomic mass is 9.98. The average molecular weight is 434 g/mol. The highest BCUT2D eigenvalue weighted by atomic mass is 16.7. The predicted molar refractivity (Wildman–Crippen MR) is 104 cm³/mol. The van der Waals surface area contributed by atoms with Crippen LogP contribution < -0.4 is 4.74 Å². The van der Waals surface area contributed by atoms with Gasteiger partial charge in [-0.3, -0.25) is 9.59 Å². The number of Topliss-reactive ketones (excluding diaryl/α,β-unsaturated/α-hetero) is 2. The minimum atomic E-state index is -1.78. The molecule has 2 aromatic rings. The summed E-state index contributed by atoms with van der Waals surface area (Å²) in [6.45, 7) is -0.701. The number of rotatable bonds is 7. The molecule has 10 nitrogen and oxygen atoms in total. The summed E-state index contributed by atoms with van der Waals surface area (Å²) in [7, 11) is 0. The maximum atomic E-state index is 12.8. The van der Waals surface area contributed by atoms with Crippen LogP contribution in [0.5, 0.6) is 17.2 Å². The largest absolute Gasteiger partial charge is 0.508 e. The Bertz CT molecular complexity index is 943. The highest BCUT2D eigenvalue weighted by molar-refractivity contribution is 6.15. The fourth-order valence-corrected chi connectivity index (χ4v) is 3.21. The number of phenolic OH excluding ortho intramolecular Hbond substituents is 2. The zero-order chi connectivity index (χ0) is 22.7. The van der Waals surface area contributed by atoms with E-state index in [4.69, 9.17) is 9.47 Å². The van der Waals surface area contributed by atoms with Crippen molar-refractivity contribution in [2.45, 2.75) is 37.1 Å². The summed E-state index contributed by atoms with van der Waals surface area (Å²) in [6, 6.07) is 9.85. The maximum absolute atomic E-state index is 12.8. The molecule has 2 aromatic carbocycles. The molecular formula is C21H22O10. The Labute approximate surface area is 176 Å². The summed E-state index contributed by atoms with van der Waals surface area (Å²) < 4.78 is 10.6. The van der Waals surface area contributed by atoms with E-state index in [-0.39, 0.29) is 5.56 Å². The van der Waals surface area contributed by atoms with Crippen LogP contribution in [0.4, 0.5) is 0 Å². The maximum Gasteiger partial charge on any atom is 0.229 e. The van der Waals surface area contributed by atoms with E-state index in [1.807, 2.05) is 0 Å². The van der Waals surface area contributed by atoms with Crippen LogP contribution in [0.3, 0.4) is 0 Å². The van der Waals surface area contributed by atoms with Gasteiger partial charge < -0.3 is 40.1 Å². The second-order valence-electron chi connectivity index (χ2n) is 7.04. The number of carbonyl (C=O) groups is 2. The van der Waals surface area contributed by atoms with Crippen molar-refractivity contribution in [3.63, 3.8) is 0 Å². The molecule has 3 rings (SSSR count). The topological polar surface area (TPSA) is 174 Å². The van der Waals surface area contributed by atoms with Gasteiger partial charge in [0.1, 0.15) is 47.2 Å². The van der Waals surface area contributed by atoms with E-state index < -0.39 is 78.1 Å². The molecule has 166 valence electrons. The lowest BCUT2D eigenvalue weighted by Crippen LogP contribution is -2.60. The van der Waals surface area contributed by atoms with Crippen LogP contribution in [-0.2, 0) is 4.74 Å².